The highest BCUT2D eigenvalue weighted by molar-refractivity contribution is 5.93. The topological polar surface area (TPSA) is 101 Å². The summed E-state index contributed by atoms with van der Waals surface area (Å²) >= 11 is 0. The fourth-order valence-corrected chi connectivity index (χ4v) is 3.57. The molecule has 27 heavy (non-hydrogen) atoms. The van der Waals surface area contributed by atoms with Gasteiger partial charge < -0.3 is 9.26 Å². The maximum Gasteiger partial charge on any atom is 0.141 e. The number of nitriles is 1. The van der Waals surface area contributed by atoms with E-state index in [0.717, 1.165) is 58.4 Å². The van der Waals surface area contributed by atoms with Crippen LogP contribution < -0.4 is 4.74 Å². The molecule has 3 aromatic heterocycles. The van der Waals surface area contributed by atoms with Crippen LogP contribution in [0.2, 0.25) is 0 Å². The summed E-state index contributed by atoms with van der Waals surface area (Å²) in [5.41, 5.74) is 5.11. The number of aromatic amines is 1. The Hall–Kier alpha value is -3.66. The van der Waals surface area contributed by atoms with E-state index in [1.165, 1.54) is 0 Å². The van der Waals surface area contributed by atoms with E-state index >= 15 is 0 Å². The quantitative estimate of drug-likeness (QED) is 0.596. The average molecular weight is 357 g/mol. The molecular weight excluding hydrogens is 342 g/mol. The number of aromatic nitrogens is 4. The average Bonchev–Trinajstić information content (AvgIpc) is 3.37. The first-order valence-electron chi connectivity index (χ1n) is 8.75. The van der Waals surface area contributed by atoms with E-state index in [4.69, 9.17) is 14.5 Å². The highest BCUT2D eigenvalue weighted by Gasteiger charge is 2.24. The molecule has 7 heteroatoms. The zero-order valence-electron chi connectivity index (χ0n) is 14.3. The molecule has 0 bridgehead atoms. The van der Waals surface area contributed by atoms with Crippen LogP contribution in [0, 0.1) is 11.3 Å². The molecule has 1 aliphatic carbocycles. The number of H-pyrrole nitrogens is 1. The Morgan fingerprint density at radius 1 is 1.26 bits per heavy atom. The fraction of sp³-hybridized carbons (Fsp3) is 0.200. The maximum absolute atomic E-state index is 9.08. The van der Waals surface area contributed by atoms with E-state index in [1.807, 2.05) is 24.3 Å². The van der Waals surface area contributed by atoms with E-state index in [9.17, 15) is 0 Å². The molecule has 5 rings (SSSR count). The third-order valence-corrected chi connectivity index (χ3v) is 4.87. The van der Waals surface area contributed by atoms with Crippen LogP contribution in [0.15, 0.2) is 47.4 Å². The van der Waals surface area contributed by atoms with Crippen LogP contribution in [0.1, 0.15) is 35.8 Å². The Morgan fingerprint density at radius 3 is 3.07 bits per heavy atom. The monoisotopic (exact) mass is 357 g/mol. The van der Waals surface area contributed by atoms with Crippen molar-refractivity contribution in [1.82, 2.24) is 20.3 Å². The Labute approximate surface area is 154 Å². The van der Waals surface area contributed by atoms with Crippen LogP contribution in [0.3, 0.4) is 0 Å². The summed E-state index contributed by atoms with van der Waals surface area (Å²) in [4.78, 5) is 4.49. The normalized spacial score (nSPS) is 16.0. The highest BCUT2D eigenvalue weighted by atomic mass is 16.5. The molecule has 0 saturated heterocycles. The zero-order valence-corrected chi connectivity index (χ0v) is 14.3. The lowest BCUT2D eigenvalue weighted by molar-refractivity contribution is 0.178. The van der Waals surface area contributed by atoms with Crippen molar-refractivity contribution in [2.24, 2.45) is 0 Å². The summed E-state index contributed by atoms with van der Waals surface area (Å²) in [6.07, 6.45) is 7.53. The van der Waals surface area contributed by atoms with Crippen LogP contribution in [0.5, 0.6) is 5.75 Å². The van der Waals surface area contributed by atoms with Gasteiger partial charge in [-0.05, 0) is 49.1 Å². The molecule has 132 valence electrons. The minimum absolute atomic E-state index is 0.120. The Bertz CT molecular complexity index is 1160. The molecule has 0 aliphatic heterocycles. The molecule has 1 aromatic carbocycles. The van der Waals surface area contributed by atoms with E-state index in [2.05, 4.69) is 26.4 Å². The molecule has 0 saturated carbocycles. The van der Waals surface area contributed by atoms with E-state index in [1.54, 1.807) is 18.7 Å². The molecule has 1 N–H and O–H groups in total. The third-order valence-electron chi connectivity index (χ3n) is 4.87. The van der Waals surface area contributed by atoms with Crippen molar-refractivity contribution in [2.45, 2.75) is 25.4 Å². The molecule has 0 amide bonds. The molecule has 4 aromatic rings. The SMILES string of the molecule is N#Cc1cnc2c(c1)CCC[C@@H]2Oc1ccc2[nH]nc(-c3cnoc3)c2c1. The number of nitrogens with zero attached hydrogens (tertiary/aromatic N) is 4. The summed E-state index contributed by atoms with van der Waals surface area (Å²) in [7, 11) is 0. The summed E-state index contributed by atoms with van der Waals surface area (Å²) < 4.78 is 11.2. The van der Waals surface area contributed by atoms with Crippen molar-refractivity contribution in [3.8, 4) is 23.1 Å². The molecule has 0 spiro atoms. The number of rotatable bonds is 3. The lowest BCUT2D eigenvalue weighted by Gasteiger charge is -2.25. The van der Waals surface area contributed by atoms with E-state index in [0.29, 0.717) is 5.56 Å². The minimum atomic E-state index is -0.120. The Kier molecular flexibility index (Phi) is 3.61. The molecule has 0 radical (unpaired) electrons. The number of fused-ring (bicyclic) bond motifs is 2. The third kappa shape index (κ3) is 2.72. The summed E-state index contributed by atoms with van der Waals surface area (Å²) in [5, 5.41) is 21.2. The first-order chi connectivity index (χ1) is 13.3. The van der Waals surface area contributed by atoms with Crippen molar-refractivity contribution in [3.63, 3.8) is 0 Å². The predicted octanol–water partition coefficient (Wildman–Crippen LogP) is 3.94. The smallest absolute Gasteiger partial charge is 0.141 e. The van der Waals surface area contributed by atoms with Gasteiger partial charge in [0.1, 0.15) is 29.9 Å². The van der Waals surface area contributed by atoms with Crippen molar-refractivity contribution < 1.29 is 9.26 Å². The van der Waals surface area contributed by atoms with Gasteiger partial charge in [-0.2, -0.15) is 10.4 Å². The molecule has 3 heterocycles. The molecule has 1 aliphatic rings. The number of aryl methyl sites for hydroxylation is 1. The van der Waals surface area contributed by atoms with Crippen LogP contribution in [0.25, 0.3) is 22.2 Å². The largest absolute Gasteiger partial charge is 0.484 e. The number of hydrogen-bond acceptors (Lipinski definition) is 6. The molecular formula is C20H15N5O2. The van der Waals surface area contributed by atoms with Gasteiger partial charge in [0, 0.05) is 11.6 Å². The highest BCUT2D eigenvalue weighted by Crippen LogP contribution is 2.35. The Morgan fingerprint density at radius 2 is 2.22 bits per heavy atom. The second kappa shape index (κ2) is 6.25. The molecule has 1 atom stereocenters. The number of pyridine rings is 1. The van der Waals surface area contributed by atoms with Crippen LogP contribution >= 0.6 is 0 Å². The summed E-state index contributed by atoms with van der Waals surface area (Å²) in [5.74, 6) is 0.755. The molecule has 7 nitrogen and oxygen atoms in total. The van der Waals surface area contributed by atoms with Gasteiger partial charge in [0.15, 0.2) is 0 Å². The maximum atomic E-state index is 9.08. The van der Waals surface area contributed by atoms with Gasteiger partial charge in [0.05, 0.1) is 28.5 Å². The Balaban J connectivity index is 1.49. The minimum Gasteiger partial charge on any atom is -0.484 e. The van der Waals surface area contributed by atoms with Crippen molar-refractivity contribution in [2.75, 3.05) is 0 Å². The van der Waals surface area contributed by atoms with Crippen molar-refractivity contribution in [3.05, 3.63) is 59.7 Å². The summed E-state index contributed by atoms with van der Waals surface area (Å²) in [6, 6.07) is 9.92. The van der Waals surface area contributed by atoms with Crippen LogP contribution in [-0.4, -0.2) is 20.3 Å². The second-order valence-corrected chi connectivity index (χ2v) is 6.57. The van der Waals surface area contributed by atoms with Gasteiger partial charge in [-0.3, -0.25) is 10.1 Å². The standard InChI is InChI=1S/C20H15N5O2/c21-8-12-6-13-2-1-3-18(20(13)22-9-12)27-15-4-5-17-16(7-15)19(25-24-17)14-10-23-26-11-14/h4-7,9-11,18H,1-3H2,(H,24,25)/t18-/m0/s1. The summed E-state index contributed by atoms with van der Waals surface area (Å²) in [6.45, 7) is 0. The van der Waals surface area contributed by atoms with Gasteiger partial charge in [-0.25, -0.2) is 0 Å². The number of ether oxygens (including phenoxy) is 1. The lowest BCUT2D eigenvalue weighted by Crippen LogP contribution is -2.17. The van der Waals surface area contributed by atoms with Gasteiger partial charge in [0.2, 0.25) is 0 Å². The molecule has 0 fully saturated rings. The van der Waals surface area contributed by atoms with Gasteiger partial charge in [-0.1, -0.05) is 5.16 Å². The van der Waals surface area contributed by atoms with Crippen molar-refractivity contribution in [1.29, 1.82) is 5.26 Å². The predicted molar refractivity (Wildman–Crippen MR) is 96.8 cm³/mol. The fourth-order valence-electron chi connectivity index (χ4n) is 3.57. The first-order valence-corrected chi connectivity index (χ1v) is 8.75. The van der Waals surface area contributed by atoms with Gasteiger partial charge in [0.25, 0.3) is 0 Å². The van der Waals surface area contributed by atoms with Crippen molar-refractivity contribution >= 4 is 10.9 Å². The van der Waals surface area contributed by atoms with Gasteiger partial charge in [-0.15, -0.1) is 0 Å². The zero-order chi connectivity index (χ0) is 18.2. The number of benzene rings is 1. The second-order valence-electron chi connectivity index (χ2n) is 6.57. The number of hydrogen-bond donors (Lipinski definition) is 1. The van der Waals surface area contributed by atoms with E-state index < -0.39 is 0 Å². The van der Waals surface area contributed by atoms with Gasteiger partial charge >= 0.3 is 0 Å². The van der Waals surface area contributed by atoms with Crippen LogP contribution in [-0.2, 0) is 6.42 Å². The first kappa shape index (κ1) is 15.6. The van der Waals surface area contributed by atoms with Crippen LogP contribution in [0.4, 0.5) is 0 Å². The lowest BCUT2D eigenvalue weighted by atomic mass is 9.93. The molecule has 0 unspecified atom stereocenters. The van der Waals surface area contributed by atoms with E-state index in [-0.39, 0.29) is 6.10 Å². The number of nitrogens with one attached hydrogen (secondary N) is 1.